The third kappa shape index (κ3) is 3.66. The van der Waals surface area contributed by atoms with Gasteiger partial charge >= 0.3 is 0 Å². The van der Waals surface area contributed by atoms with Crippen LogP contribution < -0.4 is 10.1 Å². The smallest absolute Gasteiger partial charge is 0.262 e. The van der Waals surface area contributed by atoms with Gasteiger partial charge in [0, 0.05) is 19.5 Å². The number of aryl methyl sites for hydroxylation is 2. The summed E-state index contributed by atoms with van der Waals surface area (Å²) in [5, 5.41) is 3.71. The number of imidazole rings is 1. The van der Waals surface area contributed by atoms with Crippen LogP contribution in [-0.4, -0.2) is 39.5 Å². The van der Waals surface area contributed by atoms with Gasteiger partial charge in [0.15, 0.2) is 5.82 Å². The molecule has 0 spiro atoms. The minimum Gasteiger partial charge on any atom is -0.480 e. The molecule has 0 aliphatic rings. The number of pyridine rings is 1. The van der Waals surface area contributed by atoms with Gasteiger partial charge in [-0.2, -0.15) is 4.98 Å². The number of rotatable bonds is 6. The SMILES string of the molecule is COCc1nc(OC)c2c(C)c(C(=O)NCc3cn4ccc(C)cc4n3)sc2n1. The van der Waals surface area contributed by atoms with Gasteiger partial charge in [-0.3, -0.25) is 4.79 Å². The second-order valence-electron chi connectivity index (χ2n) is 6.70. The molecule has 0 bridgehead atoms. The second kappa shape index (κ2) is 7.76. The van der Waals surface area contributed by atoms with Crippen molar-refractivity contribution in [3.63, 3.8) is 0 Å². The van der Waals surface area contributed by atoms with Crippen molar-refractivity contribution in [2.75, 3.05) is 14.2 Å². The van der Waals surface area contributed by atoms with Gasteiger partial charge in [0.25, 0.3) is 5.91 Å². The van der Waals surface area contributed by atoms with Crippen LogP contribution in [-0.2, 0) is 17.9 Å². The molecule has 1 amide bonds. The van der Waals surface area contributed by atoms with E-state index in [0.29, 0.717) is 28.0 Å². The molecule has 0 unspecified atom stereocenters. The lowest BCUT2D eigenvalue weighted by Crippen LogP contribution is -2.22. The average Bonchev–Trinajstić information content (AvgIpc) is 3.26. The van der Waals surface area contributed by atoms with Gasteiger partial charge in [0.2, 0.25) is 5.88 Å². The van der Waals surface area contributed by atoms with Crippen molar-refractivity contribution in [2.45, 2.75) is 27.0 Å². The molecule has 4 heterocycles. The molecule has 0 aliphatic heterocycles. The zero-order valence-electron chi connectivity index (χ0n) is 16.6. The number of ether oxygens (including phenoxy) is 2. The number of aromatic nitrogens is 4. The van der Waals surface area contributed by atoms with E-state index in [1.807, 2.05) is 42.8 Å². The minimum absolute atomic E-state index is 0.172. The van der Waals surface area contributed by atoms with Gasteiger partial charge in [0.1, 0.15) is 17.1 Å². The van der Waals surface area contributed by atoms with Crippen molar-refractivity contribution in [1.82, 2.24) is 24.7 Å². The highest BCUT2D eigenvalue weighted by Gasteiger charge is 2.21. The summed E-state index contributed by atoms with van der Waals surface area (Å²) < 4.78 is 12.5. The van der Waals surface area contributed by atoms with E-state index in [1.54, 1.807) is 14.2 Å². The van der Waals surface area contributed by atoms with Gasteiger partial charge in [-0.15, -0.1) is 11.3 Å². The molecule has 0 fully saturated rings. The molecule has 4 aromatic heterocycles. The van der Waals surface area contributed by atoms with Crippen molar-refractivity contribution in [3.8, 4) is 5.88 Å². The van der Waals surface area contributed by atoms with E-state index in [9.17, 15) is 4.79 Å². The Kier molecular flexibility index (Phi) is 5.16. The lowest BCUT2D eigenvalue weighted by molar-refractivity contribution is 0.0954. The summed E-state index contributed by atoms with van der Waals surface area (Å²) in [5.74, 6) is 0.796. The van der Waals surface area contributed by atoms with E-state index in [-0.39, 0.29) is 12.5 Å². The number of amides is 1. The number of nitrogens with one attached hydrogen (secondary N) is 1. The Bertz CT molecular complexity index is 1210. The van der Waals surface area contributed by atoms with Gasteiger partial charge in [0.05, 0.1) is 29.6 Å². The first-order valence-electron chi connectivity index (χ1n) is 9.05. The van der Waals surface area contributed by atoms with Gasteiger partial charge in [-0.25, -0.2) is 9.97 Å². The monoisotopic (exact) mass is 411 g/mol. The molecular formula is C20H21N5O3S. The van der Waals surface area contributed by atoms with Crippen LogP contribution in [0.3, 0.4) is 0 Å². The normalized spacial score (nSPS) is 11.3. The summed E-state index contributed by atoms with van der Waals surface area (Å²) in [7, 11) is 3.14. The standard InChI is InChI=1S/C20H21N5O3S/c1-11-5-6-25-9-13(22-15(25)7-11)8-21-18(26)17-12(2)16-19(28-4)23-14(10-27-3)24-20(16)29-17/h5-7,9H,8,10H2,1-4H3,(H,21,26). The molecule has 8 nitrogen and oxygen atoms in total. The molecule has 4 aromatic rings. The predicted molar refractivity (Wildman–Crippen MR) is 111 cm³/mol. The van der Waals surface area contributed by atoms with Crippen LogP contribution in [0.1, 0.15) is 32.3 Å². The zero-order valence-corrected chi connectivity index (χ0v) is 17.5. The summed E-state index contributed by atoms with van der Waals surface area (Å²) in [6, 6.07) is 4.02. The largest absolute Gasteiger partial charge is 0.480 e. The molecule has 4 rings (SSSR count). The molecular weight excluding hydrogens is 390 g/mol. The second-order valence-corrected chi connectivity index (χ2v) is 7.70. The van der Waals surface area contributed by atoms with E-state index in [4.69, 9.17) is 9.47 Å². The Morgan fingerprint density at radius 2 is 2.07 bits per heavy atom. The van der Waals surface area contributed by atoms with E-state index in [1.165, 1.54) is 11.3 Å². The maximum atomic E-state index is 12.8. The summed E-state index contributed by atoms with van der Waals surface area (Å²) in [6.07, 6.45) is 3.88. The number of nitrogens with zero attached hydrogens (tertiary/aromatic N) is 4. The van der Waals surface area contributed by atoms with Crippen LogP contribution in [0.4, 0.5) is 0 Å². The molecule has 0 aromatic carbocycles. The average molecular weight is 411 g/mol. The Balaban J connectivity index is 1.59. The number of hydrogen-bond acceptors (Lipinski definition) is 7. The Labute approximate surface area is 171 Å². The molecule has 0 saturated carbocycles. The van der Waals surface area contributed by atoms with E-state index < -0.39 is 0 Å². The van der Waals surface area contributed by atoms with E-state index in [2.05, 4.69) is 20.3 Å². The number of methoxy groups -OCH3 is 2. The summed E-state index contributed by atoms with van der Waals surface area (Å²) >= 11 is 1.32. The third-order valence-corrected chi connectivity index (χ3v) is 5.76. The van der Waals surface area contributed by atoms with Gasteiger partial charge < -0.3 is 19.2 Å². The molecule has 0 aliphatic carbocycles. The quantitative estimate of drug-likeness (QED) is 0.524. The number of thiophene rings is 1. The fourth-order valence-electron chi connectivity index (χ4n) is 3.17. The highest BCUT2D eigenvalue weighted by Crippen LogP contribution is 2.35. The first-order valence-corrected chi connectivity index (χ1v) is 9.87. The van der Waals surface area contributed by atoms with Crippen LogP contribution in [0.5, 0.6) is 5.88 Å². The predicted octanol–water partition coefficient (Wildman–Crippen LogP) is 3.04. The first-order chi connectivity index (χ1) is 14.0. The summed E-state index contributed by atoms with van der Waals surface area (Å²) in [5.41, 5.74) is 3.59. The highest BCUT2D eigenvalue weighted by atomic mass is 32.1. The molecule has 1 N–H and O–H groups in total. The van der Waals surface area contributed by atoms with Gasteiger partial charge in [-0.05, 0) is 37.1 Å². The summed E-state index contributed by atoms with van der Waals surface area (Å²) in [4.78, 5) is 27.6. The number of carbonyl (C=O) groups excluding carboxylic acids is 1. The van der Waals surface area contributed by atoms with Crippen molar-refractivity contribution in [1.29, 1.82) is 0 Å². The molecule has 29 heavy (non-hydrogen) atoms. The fraction of sp³-hybridized carbons (Fsp3) is 0.300. The Morgan fingerprint density at radius 3 is 2.83 bits per heavy atom. The number of hydrogen-bond donors (Lipinski definition) is 1. The minimum atomic E-state index is -0.172. The summed E-state index contributed by atoms with van der Waals surface area (Å²) in [6.45, 7) is 4.52. The van der Waals surface area contributed by atoms with Crippen LogP contribution in [0, 0.1) is 13.8 Å². The lowest BCUT2D eigenvalue weighted by atomic mass is 10.2. The maximum absolute atomic E-state index is 12.8. The first kappa shape index (κ1) is 19.3. The van der Waals surface area contributed by atoms with Crippen molar-refractivity contribution >= 4 is 33.1 Å². The molecule has 9 heteroatoms. The van der Waals surface area contributed by atoms with E-state index >= 15 is 0 Å². The number of carbonyl (C=O) groups is 1. The zero-order chi connectivity index (χ0) is 20.5. The number of fused-ring (bicyclic) bond motifs is 2. The van der Waals surface area contributed by atoms with Crippen molar-refractivity contribution in [3.05, 3.63) is 52.0 Å². The van der Waals surface area contributed by atoms with Gasteiger partial charge in [-0.1, -0.05) is 0 Å². The van der Waals surface area contributed by atoms with Crippen LogP contribution in [0.2, 0.25) is 0 Å². The van der Waals surface area contributed by atoms with Crippen molar-refractivity contribution in [2.24, 2.45) is 0 Å². The Morgan fingerprint density at radius 1 is 1.24 bits per heavy atom. The fourth-order valence-corrected chi connectivity index (χ4v) is 4.28. The molecule has 150 valence electrons. The lowest BCUT2D eigenvalue weighted by Gasteiger charge is -2.05. The topological polar surface area (TPSA) is 90.6 Å². The van der Waals surface area contributed by atoms with Crippen molar-refractivity contribution < 1.29 is 14.3 Å². The molecule has 0 radical (unpaired) electrons. The molecule has 0 atom stereocenters. The van der Waals surface area contributed by atoms with Crippen LogP contribution in [0.25, 0.3) is 15.9 Å². The van der Waals surface area contributed by atoms with E-state index in [0.717, 1.165) is 27.9 Å². The Hall–Kier alpha value is -3.04. The maximum Gasteiger partial charge on any atom is 0.262 e. The van der Waals surface area contributed by atoms with Crippen LogP contribution >= 0.6 is 11.3 Å². The van der Waals surface area contributed by atoms with Crippen LogP contribution in [0.15, 0.2) is 24.5 Å². The molecule has 0 saturated heterocycles. The third-order valence-electron chi connectivity index (χ3n) is 4.57. The highest BCUT2D eigenvalue weighted by molar-refractivity contribution is 7.20.